The number of alkyl halides is 4. The van der Waals surface area contributed by atoms with Gasteiger partial charge in [0.25, 0.3) is 0 Å². The molecule has 0 bridgehead atoms. The number of phenols is 1. The first-order valence-electron chi connectivity index (χ1n) is 12.1. The molecule has 0 aliphatic carbocycles. The fourth-order valence-electron chi connectivity index (χ4n) is 4.90. The van der Waals surface area contributed by atoms with Crippen LogP contribution < -0.4 is 9.47 Å². The number of aromatic hydroxyl groups is 1. The fourth-order valence-corrected chi connectivity index (χ4v) is 4.90. The number of benzene rings is 3. The molecule has 194 valence electrons. The first kappa shape index (κ1) is 25.1. The summed E-state index contributed by atoms with van der Waals surface area (Å²) in [7, 11) is 0. The van der Waals surface area contributed by atoms with Gasteiger partial charge in [-0.1, -0.05) is 24.3 Å². The molecule has 1 saturated heterocycles. The van der Waals surface area contributed by atoms with Gasteiger partial charge in [0, 0.05) is 42.8 Å². The molecule has 37 heavy (non-hydrogen) atoms. The Balaban J connectivity index is 1.42. The van der Waals surface area contributed by atoms with Crippen molar-refractivity contribution in [2.45, 2.75) is 19.2 Å². The summed E-state index contributed by atoms with van der Waals surface area (Å²) in [6.07, 6.45) is -5.16. The van der Waals surface area contributed by atoms with Crippen molar-refractivity contribution >= 4 is 11.1 Å². The average Bonchev–Trinajstić information content (AvgIpc) is 2.85. The highest BCUT2D eigenvalue weighted by Gasteiger charge is 2.34. The van der Waals surface area contributed by atoms with Crippen LogP contribution in [0.4, 0.5) is 17.6 Å². The molecular weight excluding hydrogens is 486 g/mol. The number of phenolic OH excluding ortho intramolecular Hbond substituents is 1. The van der Waals surface area contributed by atoms with E-state index in [9.17, 15) is 22.7 Å². The van der Waals surface area contributed by atoms with Crippen molar-refractivity contribution in [3.8, 4) is 17.2 Å². The molecule has 8 heteroatoms. The zero-order valence-corrected chi connectivity index (χ0v) is 20.3. The molecule has 0 unspecified atom stereocenters. The normalized spacial score (nSPS) is 18.2. The van der Waals surface area contributed by atoms with E-state index >= 15 is 0 Å². The Bertz CT molecular complexity index is 1300. The van der Waals surface area contributed by atoms with Crippen LogP contribution in [0.15, 0.2) is 66.7 Å². The van der Waals surface area contributed by atoms with Crippen molar-refractivity contribution in [3.63, 3.8) is 0 Å². The number of likely N-dealkylation sites (tertiary alicyclic amines) is 1. The average molecular weight is 514 g/mol. The molecular formula is C29H27F4NO3. The number of halogens is 4. The van der Waals surface area contributed by atoms with Gasteiger partial charge in [-0.3, -0.25) is 9.29 Å². The molecule has 4 nitrogen and oxygen atoms in total. The Morgan fingerprint density at radius 2 is 1.78 bits per heavy atom. The molecule has 2 heterocycles. The summed E-state index contributed by atoms with van der Waals surface area (Å²) >= 11 is 0. The molecule has 0 aromatic heterocycles. The molecule has 1 fully saturated rings. The second kappa shape index (κ2) is 10.1. The number of rotatable bonds is 7. The lowest BCUT2D eigenvalue weighted by Crippen LogP contribution is -2.49. The molecule has 2 aliphatic rings. The molecule has 0 radical (unpaired) electrons. The first-order valence-corrected chi connectivity index (χ1v) is 12.1. The maximum absolute atomic E-state index is 13.5. The Hall–Kier alpha value is -3.52. The van der Waals surface area contributed by atoms with E-state index in [0.717, 1.165) is 36.4 Å². The van der Waals surface area contributed by atoms with Crippen molar-refractivity contribution in [2.24, 2.45) is 5.92 Å². The number of nitrogens with zero attached hydrogens (tertiary/aromatic N) is 1. The molecule has 3 aromatic rings. The predicted molar refractivity (Wildman–Crippen MR) is 133 cm³/mol. The van der Waals surface area contributed by atoms with Gasteiger partial charge in [0.2, 0.25) is 0 Å². The Morgan fingerprint density at radius 3 is 2.49 bits per heavy atom. The van der Waals surface area contributed by atoms with Gasteiger partial charge in [0.15, 0.2) is 0 Å². The van der Waals surface area contributed by atoms with E-state index in [0.29, 0.717) is 41.4 Å². The Labute approximate surface area is 212 Å². The minimum atomic E-state index is -4.47. The molecule has 5 rings (SSSR count). The van der Waals surface area contributed by atoms with E-state index in [-0.39, 0.29) is 18.3 Å². The van der Waals surface area contributed by atoms with Crippen LogP contribution in [0.5, 0.6) is 17.2 Å². The topological polar surface area (TPSA) is 41.9 Å². The third-order valence-electron chi connectivity index (χ3n) is 6.89. The molecule has 0 amide bonds. The van der Waals surface area contributed by atoms with E-state index in [4.69, 9.17) is 9.47 Å². The zero-order valence-electron chi connectivity index (χ0n) is 20.3. The Kier molecular flexibility index (Phi) is 6.86. The molecule has 1 N–H and O–H groups in total. The monoisotopic (exact) mass is 513 g/mol. The number of fused-ring (bicyclic) bond motifs is 1. The number of allylic oxidation sites excluding steroid dienone is 1. The van der Waals surface area contributed by atoms with Crippen LogP contribution in [-0.2, 0) is 6.18 Å². The van der Waals surface area contributed by atoms with Crippen molar-refractivity contribution < 1.29 is 32.1 Å². The highest BCUT2D eigenvalue weighted by Crippen LogP contribution is 2.48. The summed E-state index contributed by atoms with van der Waals surface area (Å²) in [6.45, 7) is 4.24. The molecule has 3 aromatic carbocycles. The van der Waals surface area contributed by atoms with Gasteiger partial charge in [0.05, 0.1) is 12.2 Å². The van der Waals surface area contributed by atoms with Crippen LogP contribution in [0.2, 0.25) is 0 Å². The summed E-state index contributed by atoms with van der Waals surface area (Å²) < 4.78 is 65.2. The molecule has 2 aliphatic heterocycles. The van der Waals surface area contributed by atoms with Gasteiger partial charge in [-0.2, -0.15) is 13.2 Å². The van der Waals surface area contributed by atoms with E-state index in [1.807, 2.05) is 19.1 Å². The quantitative estimate of drug-likeness (QED) is 0.355. The molecule has 0 saturated carbocycles. The number of ether oxygens (including phenoxy) is 2. The summed E-state index contributed by atoms with van der Waals surface area (Å²) in [4.78, 5) is 2.14. The van der Waals surface area contributed by atoms with Crippen molar-refractivity contribution in [1.82, 2.24) is 4.90 Å². The van der Waals surface area contributed by atoms with E-state index in [2.05, 4.69) is 4.90 Å². The molecule has 0 spiro atoms. The fraction of sp³-hybridized carbons (Fsp3) is 0.310. The second-order valence-electron chi connectivity index (χ2n) is 9.49. The Morgan fingerprint density at radius 1 is 1.03 bits per heavy atom. The largest absolute Gasteiger partial charge is 0.508 e. The van der Waals surface area contributed by atoms with Gasteiger partial charge in [0.1, 0.15) is 30.0 Å². The smallest absolute Gasteiger partial charge is 0.416 e. The number of hydrogen-bond acceptors (Lipinski definition) is 4. The standard InChI is InChI=1S/C29H27F4NO3/c1-18-25-10-7-23(35)14-26(25)37-28(27(18)21-3-2-4-22(13-21)29(31,32)33)20-5-8-24(9-6-20)36-12-11-34-16-19(15-30)17-34/h2-10,13-14,19,28,35H,11-12,15-17H2,1H3/t28-/m1/s1. The first-order chi connectivity index (χ1) is 17.7. The lowest BCUT2D eigenvalue weighted by Gasteiger charge is -2.37. The maximum Gasteiger partial charge on any atom is 0.416 e. The van der Waals surface area contributed by atoms with Gasteiger partial charge >= 0.3 is 6.18 Å². The van der Waals surface area contributed by atoms with Crippen molar-refractivity contribution in [2.75, 3.05) is 32.9 Å². The van der Waals surface area contributed by atoms with Gasteiger partial charge in [-0.15, -0.1) is 0 Å². The minimum absolute atomic E-state index is 0.0385. The highest BCUT2D eigenvalue weighted by atomic mass is 19.4. The van der Waals surface area contributed by atoms with Gasteiger partial charge in [-0.25, -0.2) is 0 Å². The van der Waals surface area contributed by atoms with Crippen molar-refractivity contribution in [3.05, 3.63) is 89.0 Å². The summed E-state index contributed by atoms with van der Waals surface area (Å²) in [5.74, 6) is 1.28. The van der Waals surface area contributed by atoms with Crippen LogP contribution in [-0.4, -0.2) is 42.9 Å². The summed E-state index contributed by atoms with van der Waals surface area (Å²) in [5, 5.41) is 9.99. The van der Waals surface area contributed by atoms with Gasteiger partial charge in [-0.05, 0) is 60.0 Å². The second-order valence-corrected chi connectivity index (χ2v) is 9.49. The lowest BCUT2D eigenvalue weighted by molar-refractivity contribution is -0.137. The molecule has 1 atom stereocenters. The van der Waals surface area contributed by atoms with Crippen LogP contribution in [0.1, 0.15) is 35.3 Å². The lowest BCUT2D eigenvalue weighted by atomic mass is 9.85. The third kappa shape index (κ3) is 5.30. The van der Waals surface area contributed by atoms with Crippen LogP contribution in [0.25, 0.3) is 11.1 Å². The van der Waals surface area contributed by atoms with E-state index in [1.165, 1.54) is 18.2 Å². The van der Waals surface area contributed by atoms with Crippen molar-refractivity contribution in [1.29, 1.82) is 0 Å². The van der Waals surface area contributed by atoms with Gasteiger partial charge < -0.3 is 14.6 Å². The summed E-state index contributed by atoms with van der Waals surface area (Å²) in [5.41, 5.74) is 2.52. The highest BCUT2D eigenvalue weighted by molar-refractivity contribution is 5.95. The zero-order chi connectivity index (χ0) is 26.2. The maximum atomic E-state index is 13.5. The van der Waals surface area contributed by atoms with Crippen LogP contribution in [0, 0.1) is 5.92 Å². The van der Waals surface area contributed by atoms with Crippen LogP contribution >= 0.6 is 0 Å². The minimum Gasteiger partial charge on any atom is -0.508 e. The number of hydrogen-bond donors (Lipinski definition) is 1. The predicted octanol–water partition coefficient (Wildman–Crippen LogP) is 6.76. The SMILES string of the molecule is CC1=C(c2cccc(C(F)(F)F)c2)[C@@H](c2ccc(OCCN3CC(CF)C3)cc2)Oc2cc(O)ccc21. The third-order valence-corrected chi connectivity index (χ3v) is 6.89. The van der Waals surface area contributed by atoms with Crippen LogP contribution in [0.3, 0.4) is 0 Å². The summed E-state index contributed by atoms with van der Waals surface area (Å²) in [6, 6.07) is 17.2. The van der Waals surface area contributed by atoms with E-state index < -0.39 is 17.8 Å². The van der Waals surface area contributed by atoms with E-state index in [1.54, 1.807) is 24.3 Å².